The van der Waals surface area contributed by atoms with Gasteiger partial charge in [-0.2, -0.15) is 0 Å². The highest BCUT2D eigenvalue weighted by molar-refractivity contribution is 7.89. The lowest BCUT2D eigenvalue weighted by Crippen LogP contribution is -2.39. The molecule has 2 fully saturated rings. The maximum atomic E-state index is 12.5. The Morgan fingerprint density at radius 1 is 1.15 bits per heavy atom. The van der Waals surface area contributed by atoms with Gasteiger partial charge in [0.1, 0.15) is 0 Å². The summed E-state index contributed by atoms with van der Waals surface area (Å²) in [5.74, 6) is 0.311. The molecule has 2 heterocycles. The third-order valence-corrected chi connectivity index (χ3v) is 6.73. The molecule has 20 heavy (non-hydrogen) atoms. The summed E-state index contributed by atoms with van der Waals surface area (Å²) in [5.41, 5.74) is 0.287. The van der Waals surface area contributed by atoms with E-state index < -0.39 is 10.0 Å². The van der Waals surface area contributed by atoms with Gasteiger partial charge in [-0.25, -0.2) is 12.7 Å². The molecule has 0 bridgehead atoms. The van der Waals surface area contributed by atoms with Crippen LogP contribution < -0.4 is 5.32 Å². The molecule has 1 unspecified atom stereocenters. The molecule has 0 spiro atoms. The Morgan fingerprint density at radius 2 is 1.95 bits per heavy atom. The highest BCUT2D eigenvalue weighted by Gasteiger charge is 2.29. The van der Waals surface area contributed by atoms with Gasteiger partial charge in [0.05, 0.1) is 5.75 Å². The van der Waals surface area contributed by atoms with E-state index in [0.717, 1.165) is 38.6 Å². The topological polar surface area (TPSA) is 49.4 Å². The Balaban J connectivity index is 1.85. The van der Waals surface area contributed by atoms with E-state index in [9.17, 15) is 8.42 Å². The first-order valence-electron chi connectivity index (χ1n) is 8.10. The molecule has 0 radical (unpaired) electrons. The largest absolute Gasteiger partial charge is 0.314 e. The molecule has 0 aromatic rings. The van der Waals surface area contributed by atoms with Crippen molar-refractivity contribution in [2.24, 2.45) is 5.41 Å². The second kappa shape index (κ2) is 6.75. The lowest BCUT2D eigenvalue weighted by atomic mass is 9.85. The number of hydrogen-bond acceptors (Lipinski definition) is 3. The van der Waals surface area contributed by atoms with Gasteiger partial charge >= 0.3 is 0 Å². The van der Waals surface area contributed by atoms with Gasteiger partial charge < -0.3 is 5.32 Å². The molecule has 4 nitrogen and oxygen atoms in total. The molecule has 0 aliphatic carbocycles. The Hall–Kier alpha value is -0.130. The van der Waals surface area contributed by atoms with Gasteiger partial charge in [-0.05, 0) is 50.5 Å². The SMILES string of the molecule is CC1(C)CCCN(S(=O)(=O)CCC2CCCCN2)CC1. The fraction of sp³-hybridized carbons (Fsp3) is 1.00. The molecule has 2 rings (SSSR count). The molecule has 2 aliphatic heterocycles. The average molecular weight is 302 g/mol. The molecule has 2 aliphatic rings. The summed E-state index contributed by atoms with van der Waals surface area (Å²) < 4.78 is 26.7. The van der Waals surface area contributed by atoms with Crippen LogP contribution in [0, 0.1) is 5.41 Å². The zero-order valence-corrected chi connectivity index (χ0v) is 13.8. The smallest absolute Gasteiger partial charge is 0.214 e. The van der Waals surface area contributed by atoms with Gasteiger partial charge in [0, 0.05) is 19.1 Å². The van der Waals surface area contributed by atoms with Crippen LogP contribution in [-0.2, 0) is 10.0 Å². The van der Waals surface area contributed by atoms with Gasteiger partial charge in [-0.1, -0.05) is 20.3 Å². The van der Waals surface area contributed by atoms with Crippen molar-refractivity contribution in [3.05, 3.63) is 0 Å². The van der Waals surface area contributed by atoms with Crippen molar-refractivity contribution in [1.29, 1.82) is 0 Å². The van der Waals surface area contributed by atoms with Crippen molar-refractivity contribution in [2.75, 3.05) is 25.4 Å². The summed E-state index contributed by atoms with van der Waals surface area (Å²) in [6, 6.07) is 0.405. The summed E-state index contributed by atoms with van der Waals surface area (Å²) in [5, 5.41) is 3.44. The minimum Gasteiger partial charge on any atom is -0.314 e. The first kappa shape index (κ1) is 16.2. The van der Waals surface area contributed by atoms with E-state index >= 15 is 0 Å². The van der Waals surface area contributed by atoms with Crippen molar-refractivity contribution in [3.63, 3.8) is 0 Å². The van der Waals surface area contributed by atoms with Gasteiger partial charge in [0.15, 0.2) is 0 Å². The van der Waals surface area contributed by atoms with E-state index in [0.29, 0.717) is 24.9 Å². The van der Waals surface area contributed by atoms with E-state index in [4.69, 9.17) is 0 Å². The van der Waals surface area contributed by atoms with Crippen molar-refractivity contribution in [3.8, 4) is 0 Å². The summed E-state index contributed by atoms with van der Waals surface area (Å²) in [6.07, 6.45) is 7.45. The highest BCUT2D eigenvalue weighted by atomic mass is 32.2. The van der Waals surface area contributed by atoms with Crippen LogP contribution in [0.5, 0.6) is 0 Å². The minimum atomic E-state index is -3.06. The summed E-state index contributed by atoms with van der Waals surface area (Å²) >= 11 is 0. The number of hydrogen-bond donors (Lipinski definition) is 1. The Morgan fingerprint density at radius 3 is 2.65 bits per heavy atom. The Labute approximate surface area is 124 Å². The molecule has 2 saturated heterocycles. The van der Waals surface area contributed by atoms with Crippen LogP contribution in [-0.4, -0.2) is 44.2 Å². The van der Waals surface area contributed by atoms with Crippen molar-refractivity contribution >= 4 is 10.0 Å². The van der Waals surface area contributed by atoms with Crippen LogP contribution in [0.25, 0.3) is 0 Å². The number of nitrogens with zero attached hydrogens (tertiary/aromatic N) is 1. The fourth-order valence-electron chi connectivity index (χ4n) is 3.27. The Bertz CT molecular complexity index is 400. The molecule has 1 N–H and O–H groups in total. The molecule has 1 atom stereocenters. The quantitative estimate of drug-likeness (QED) is 0.867. The van der Waals surface area contributed by atoms with Crippen LogP contribution >= 0.6 is 0 Å². The van der Waals surface area contributed by atoms with Gasteiger partial charge in [0.25, 0.3) is 0 Å². The predicted octanol–water partition coefficient (Wildman–Crippen LogP) is 2.36. The predicted molar refractivity (Wildman–Crippen MR) is 83.3 cm³/mol. The van der Waals surface area contributed by atoms with E-state index in [2.05, 4.69) is 19.2 Å². The van der Waals surface area contributed by atoms with E-state index in [1.165, 1.54) is 12.8 Å². The van der Waals surface area contributed by atoms with Crippen LogP contribution in [0.1, 0.15) is 58.8 Å². The van der Waals surface area contributed by atoms with Crippen LogP contribution in [0.15, 0.2) is 0 Å². The maximum Gasteiger partial charge on any atom is 0.214 e. The van der Waals surface area contributed by atoms with Crippen LogP contribution in [0.4, 0.5) is 0 Å². The second-order valence-corrected chi connectivity index (χ2v) is 9.26. The standard InChI is InChI=1S/C15H30N2O2S/c1-15(2)8-5-11-17(12-9-15)20(18,19)13-7-14-6-3-4-10-16-14/h14,16H,3-13H2,1-2H3. The fourth-order valence-corrected chi connectivity index (χ4v) is 4.88. The Kier molecular flexibility index (Phi) is 5.49. The van der Waals surface area contributed by atoms with Crippen molar-refractivity contribution in [2.45, 2.75) is 64.8 Å². The third kappa shape index (κ3) is 4.71. The zero-order chi connectivity index (χ0) is 14.6. The molecular weight excluding hydrogens is 272 g/mol. The third-order valence-electron chi connectivity index (χ3n) is 4.83. The van der Waals surface area contributed by atoms with Gasteiger partial charge in [0.2, 0.25) is 10.0 Å². The summed E-state index contributed by atoms with van der Waals surface area (Å²) in [4.78, 5) is 0. The summed E-state index contributed by atoms with van der Waals surface area (Å²) in [6.45, 7) is 6.95. The first-order valence-corrected chi connectivity index (χ1v) is 9.71. The number of rotatable bonds is 4. The maximum absolute atomic E-state index is 12.5. The number of nitrogens with one attached hydrogen (secondary N) is 1. The summed E-state index contributed by atoms with van der Waals surface area (Å²) in [7, 11) is -3.06. The molecule has 5 heteroatoms. The van der Waals surface area contributed by atoms with Crippen molar-refractivity contribution in [1.82, 2.24) is 9.62 Å². The van der Waals surface area contributed by atoms with E-state index in [1.54, 1.807) is 4.31 Å². The molecule has 0 aromatic heterocycles. The minimum absolute atomic E-state index is 0.287. The zero-order valence-electron chi connectivity index (χ0n) is 13.0. The number of sulfonamides is 1. The molecule has 118 valence electrons. The average Bonchev–Trinajstić information content (AvgIpc) is 2.59. The van der Waals surface area contributed by atoms with Gasteiger partial charge in [-0.15, -0.1) is 0 Å². The lowest BCUT2D eigenvalue weighted by molar-refractivity contribution is 0.314. The normalized spacial score (nSPS) is 29.0. The van der Waals surface area contributed by atoms with E-state index in [-0.39, 0.29) is 5.41 Å². The molecule has 0 saturated carbocycles. The van der Waals surface area contributed by atoms with Crippen LogP contribution in [0.3, 0.4) is 0 Å². The first-order chi connectivity index (χ1) is 9.39. The number of piperidine rings is 1. The van der Waals surface area contributed by atoms with Crippen LogP contribution in [0.2, 0.25) is 0 Å². The molecule has 0 amide bonds. The van der Waals surface area contributed by atoms with Gasteiger partial charge in [-0.3, -0.25) is 0 Å². The molecular formula is C15H30N2O2S. The lowest BCUT2D eigenvalue weighted by Gasteiger charge is -2.26. The second-order valence-electron chi connectivity index (χ2n) is 7.17. The monoisotopic (exact) mass is 302 g/mol. The van der Waals surface area contributed by atoms with E-state index in [1.807, 2.05) is 0 Å². The van der Waals surface area contributed by atoms with Crippen molar-refractivity contribution < 1.29 is 8.42 Å². The molecule has 0 aromatic carbocycles. The highest BCUT2D eigenvalue weighted by Crippen LogP contribution is 2.30.